The molecule has 1 unspecified atom stereocenters. The average molecular weight is 489 g/mol. The molecule has 4 aromatic rings. The van der Waals surface area contributed by atoms with E-state index in [1.165, 1.54) is 11.3 Å². The Balaban J connectivity index is 1.67. The number of thiophene rings is 1. The summed E-state index contributed by atoms with van der Waals surface area (Å²) in [7, 11) is 3.14. The maximum atomic E-state index is 13.5. The van der Waals surface area contributed by atoms with Crippen LogP contribution in [-0.4, -0.2) is 30.4 Å². The molecule has 2 aromatic heterocycles. The molecule has 0 aliphatic carbocycles. The molecule has 35 heavy (non-hydrogen) atoms. The number of hydrogen-bond donors (Lipinski definition) is 1. The van der Waals surface area contributed by atoms with Gasteiger partial charge in [-0.05, 0) is 30.9 Å². The van der Waals surface area contributed by atoms with Crippen molar-refractivity contribution in [1.29, 1.82) is 0 Å². The molecular formula is C26H24N4O4S. The van der Waals surface area contributed by atoms with E-state index in [2.05, 4.69) is 15.5 Å². The molecule has 1 aliphatic heterocycles. The molecule has 2 aromatic carbocycles. The molecule has 1 atom stereocenters. The summed E-state index contributed by atoms with van der Waals surface area (Å²) in [4.78, 5) is 20.6. The van der Waals surface area contributed by atoms with Gasteiger partial charge in [0.1, 0.15) is 11.5 Å². The van der Waals surface area contributed by atoms with E-state index in [0.717, 1.165) is 16.0 Å². The zero-order valence-corrected chi connectivity index (χ0v) is 20.6. The number of carbonyl (C=O) groups excluding carboxylic acids is 1. The van der Waals surface area contributed by atoms with Crippen molar-refractivity contribution in [2.24, 2.45) is 0 Å². The van der Waals surface area contributed by atoms with Gasteiger partial charge in [-0.1, -0.05) is 41.1 Å². The molecule has 2 amide bonds. The van der Waals surface area contributed by atoms with Crippen molar-refractivity contribution in [1.82, 2.24) is 15.5 Å². The van der Waals surface area contributed by atoms with Gasteiger partial charge in [-0.3, -0.25) is 4.90 Å². The van der Waals surface area contributed by atoms with Crippen molar-refractivity contribution in [2.75, 3.05) is 19.1 Å². The van der Waals surface area contributed by atoms with Crippen LogP contribution in [0.2, 0.25) is 0 Å². The SMILES string of the molecule is COc1cc(OC)cc(N2C(=O)NC(c3ccc(C)cc3)C(c3nc(-c4cccs4)no3)=C2C)c1. The van der Waals surface area contributed by atoms with Crippen LogP contribution in [0, 0.1) is 6.92 Å². The Morgan fingerprint density at radius 2 is 1.74 bits per heavy atom. The van der Waals surface area contributed by atoms with Crippen molar-refractivity contribution < 1.29 is 18.8 Å². The Morgan fingerprint density at radius 1 is 1.03 bits per heavy atom. The van der Waals surface area contributed by atoms with Gasteiger partial charge in [0, 0.05) is 23.9 Å². The number of nitrogens with zero attached hydrogens (tertiary/aromatic N) is 3. The summed E-state index contributed by atoms with van der Waals surface area (Å²) in [6.07, 6.45) is 0. The Labute approximate surface area is 206 Å². The number of urea groups is 1. The van der Waals surface area contributed by atoms with E-state index in [1.54, 1.807) is 37.3 Å². The predicted molar refractivity (Wildman–Crippen MR) is 135 cm³/mol. The second-order valence-electron chi connectivity index (χ2n) is 8.10. The molecular weight excluding hydrogens is 464 g/mol. The van der Waals surface area contributed by atoms with Gasteiger partial charge in [0.25, 0.3) is 5.89 Å². The lowest BCUT2D eigenvalue weighted by Crippen LogP contribution is -2.46. The van der Waals surface area contributed by atoms with Crippen molar-refractivity contribution in [3.05, 3.63) is 82.7 Å². The molecule has 0 saturated carbocycles. The largest absolute Gasteiger partial charge is 0.497 e. The van der Waals surface area contributed by atoms with E-state index in [9.17, 15) is 4.79 Å². The van der Waals surface area contributed by atoms with Gasteiger partial charge >= 0.3 is 6.03 Å². The first-order valence-corrected chi connectivity index (χ1v) is 11.9. The highest BCUT2D eigenvalue weighted by Crippen LogP contribution is 2.41. The zero-order valence-electron chi connectivity index (χ0n) is 19.7. The highest BCUT2D eigenvalue weighted by atomic mass is 32.1. The lowest BCUT2D eigenvalue weighted by molar-refractivity contribution is 0.244. The summed E-state index contributed by atoms with van der Waals surface area (Å²) >= 11 is 1.53. The van der Waals surface area contributed by atoms with Crippen LogP contribution >= 0.6 is 11.3 Å². The topological polar surface area (TPSA) is 89.7 Å². The summed E-state index contributed by atoms with van der Waals surface area (Å²) in [6.45, 7) is 3.89. The molecule has 0 saturated heterocycles. The van der Waals surface area contributed by atoms with Crippen LogP contribution in [0.4, 0.5) is 10.5 Å². The highest BCUT2D eigenvalue weighted by Gasteiger charge is 2.37. The third kappa shape index (κ3) is 4.26. The van der Waals surface area contributed by atoms with Crippen LogP contribution in [-0.2, 0) is 0 Å². The Kier molecular flexibility index (Phi) is 6.00. The number of nitrogens with one attached hydrogen (secondary N) is 1. The monoisotopic (exact) mass is 488 g/mol. The standard InChI is InChI=1S/C26H24N4O4S/c1-15-7-9-17(10-8-15)23-22(25-28-24(29-34-25)21-6-5-11-35-21)16(2)30(26(31)27-23)18-12-19(32-3)14-20(13-18)33-4/h5-14,23H,1-4H3,(H,27,31). The molecule has 0 bridgehead atoms. The fourth-order valence-corrected chi connectivity index (χ4v) is 4.75. The van der Waals surface area contributed by atoms with Crippen molar-refractivity contribution in [3.8, 4) is 22.2 Å². The number of aryl methyl sites for hydroxylation is 1. The van der Waals surface area contributed by atoms with Crippen molar-refractivity contribution >= 4 is 28.6 Å². The van der Waals surface area contributed by atoms with Crippen LogP contribution in [0.5, 0.6) is 11.5 Å². The highest BCUT2D eigenvalue weighted by molar-refractivity contribution is 7.13. The predicted octanol–water partition coefficient (Wildman–Crippen LogP) is 5.83. The molecule has 1 aliphatic rings. The Hall–Kier alpha value is -4.11. The van der Waals surface area contributed by atoms with Crippen molar-refractivity contribution in [2.45, 2.75) is 19.9 Å². The minimum Gasteiger partial charge on any atom is -0.497 e. The third-order valence-corrected chi connectivity index (χ3v) is 6.75. The van der Waals surface area contributed by atoms with E-state index in [-0.39, 0.29) is 6.03 Å². The van der Waals surface area contributed by atoms with Crippen LogP contribution in [0.25, 0.3) is 16.3 Å². The van der Waals surface area contributed by atoms with E-state index in [0.29, 0.717) is 40.2 Å². The molecule has 5 rings (SSSR count). The first-order valence-electron chi connectivity index (χ1n) is 11.0. The van der Waals surface area contributed by atoms with E-state index >= 15 is 0 Å². The van der Waals surface area contributed by atoms with Gasteiger partial charge < -0.3 is 19.3 Å². The fraction of sp³-hybridized carbons (Fsp3) is 0.192. The average Bonchev–Trinajstić information content (AvgIpc) is 3.56. The quantitative estimate of drug-likeness (QED) is 0.368. The third-order valence-electron chi connectivity index (χ3n) is 5.89. The summed E-state index contributed by atoms with van der Waals surface area (Å²) in [5.74, 6) is 1.99. The van der Waals surface area contributed by atoms with Crippen LogP contribution < -0.4 is 19.7 Å². The van der Waals surface area contributed by atoms with Crippen molar-refractivity contribution in [3.63, 3.8) is 0 Å². The van der Waals surface area contributed by atoms with Gasteiger partial charge in [-0.25, -0.2) is 4.79 Å². The number of anilines is 1. The molecule has 0 spiro atoms. The Bertz CT molecular complexity index is 1370. The number of allylic oxidation sites excluding steroid dienone is 1. The normalized spacial score (nSPS) is 15.8. The number of aromatic nitrogens is 2. The van der Waals surface area contributed by atoms with Gasteiger partial charge in [0.2, 0.25) is 5.82 Å². The van der Waals surface area contributed by atoms with Crippen LogP contribution in [0.15, 0.2) is 70.2 Å². The number of methoxy groups -OCH3 is 2. The van der Waals surface area contributed by atoms with Gasteiger partial charge in [0.05, 0.1) is 36.4 Å². The number of rotatable bonds is 6. The summed E-state index contributed by atoms with van der Waals surface area (Å²) in [6, 6.07) is 16.4. The first kappa shape index (κ1) is 22.7. The second kappa shape index (κ2) is 9.27. The van der Waals surface area contributed by atoms with Gasteiger partial charge in [-0.2, -0.15) is 4.98 Å². The smallest absolute Gasteiger partial charge is 0.327 e. The molecule has 9 heteroatoms. The number of benzene rings is 2. The van der Waals surface area contributed by atoms with Crippen LogP contribution in [0.1, 0.15) is 30.0 Å². The van der Waals surface area contributed by atoms with E-state index in [4.69, 9.17) is 14.0 Å². The van der Waals surface area contributed by atoms with E-state index < -0.39 is 6.04 Å². The summed E-state index contributed by atoms with van der Waals surface area (Å²) in [5, 5.41) is 9.28. The molecule has 1 N–H and O–H groups in total. The molecule has 178 valence electrons. The van der Waals surface area contributed by atoms with Gasteiger partial charge in [-0.15, -0.1) is 11.3 Å². The zero-order chi connectivity index (χ0) is 24.5. The molecule has 8 nitrogen and oxygen atoms in total. The lowest BCUT2D eigenvalue weighted by Gasteiger charge is -2.35. The van der Waals surface area contributed by atoms with Crippen LogP contribution in [0.3, 0.4) is 0 Å². The minimum absolute atomic E-state index is 0.287. The number of hydrogen-bond acceptors (Lipinski definition) is 7. The first-order chi connectivity index (χ1) is 17.0. The lowest BCUT2D eigenvalue weighted by atomic mass is 9.94. The molecule has 0 fully saturated rings. The number of carbonyl (C=O) groups is 1. The summed E-state index contributed by atoms with van der Waals surface area (Å²) in [5.41, 5.74) is 4.01. The van der Waals surface area contributed by atoms with E-state index in [1.807, 2.05) is 55.6 Å². The Morgan fingerprint density at radius 3 is 2.37 bits per heavy atom. The maximum absolute atomic E-state index is 13.5. The second-order valence-corrected chi connectivity index (χ2v) is 9.05. The minimum atomic E-state index is -0.469. The van der Waals surface area contributed by atoms with Gasteiger partial charge in [0.15, 0.2) is 0 Å². The fourth-order valence-electron chi connectivity index (χ4n) is 4.10. The molecule has 0 radical (unpaired) electrons. The number of amides is 2. The summed E-state index contributed by atoms with van der Waals surface area (Å²) < 4.78 is 16.6. The number of ether oxygens (including phenoxy) is 2. The maximum Gasteiger partial charge on any atom is 0.327 e. The molecule has 3 heterocycles.